The van der Waals surface area contributed by atoms with E-state index in [1.165, 1.54) is 16.4 Å². The Morgan fingerprint density at radius 1 is 0.963 bits per heavy atom. The summed E-state index contributed by atoms with van der Waals surface area (Å²) in [5.74, 6) is -0.421. The highest BCUT2D eigenvalue weighted by atomic mass is 32.2. The van der Waals surface area contributed by atoms with Crippen LogP contribution in [0.3, 0.4) is 0 Å². The van der Waals surface area contributed by atoms with E-state index in [0.717, 1.165) is 11.1 Å². The third-order valence-corrected chi connectivity index (χ3v) is 6.37. The number of benzene rings is 2. The van der Waals surface area contributed by atoms with Gasteiger partial charge < -0.3 is 5.32 Å². The second-order valence-corrected chi connectivity index (χ2v) is 8.07. The van der Waals surface area contributed by atoms with Crippen LogP contribution in [0.2, 0.25) is 0 Å². The predicted molar refractivity (Wildman–Crippen MR) is 103 cm³/mol. The molecular weight excluding hydrogens is 367 g/mol. The zero-order chi connectivity index (χ0) is 19.9. The molecule has 0 saturated heterocycles. The average Bonchev–Trinajstić information content (AvgIpc) is 2.67. The molecule has 146 valence electrons. The Labute approximate surface area is 160 Å². The van der Waals surface area contributed by atoms with Crippen LogP contribution in [-0.2, 0) is 27.8 Å². The van der Waals surface area contributed by atoms with Gasteiger partial charge in [0, 0.05) is 26.1 Å². The summed E-state index contributed by atoms with van der Waals surface area (Å²) >= 11 is 0. The first-order chi connectivity index (χ1) is 12.9. The summed E-state index contributed by atoms with van der Waals surface area (Å²) in [6.07, 6.45) is 0.810. The lowest BCUT2D eigenvalue weighted by molar-refractivity contribution is -0.121. The van der Waals surface area contributed by atoms with Crippen molar-refractivity contribution in [1.82, 2.24) is 9.62 Å². The Bertz CT molecular complexity index is 846. The number of amides is 1. The highest BCUT2D eigenvalue weighted by molar-refractivity contribution is 7.89. The van der Waals surface area contributed by atoms with Gasteiger partial charge >= 0.3 is 0 Å². The van der Waals surface area contributed by atoms with E-state index in [2.05, 4.69) is 5.32 Å². The van der Waals surface area contributed by atoms with E-state index in [-0.39, 0.29) is 16.6 Å². The quantitative estimate of drug-likeness (QED) is 0.713. The number of hydrogen-bond acceptors (Lipinski definition) is 3. The summed E-state index contributed by atoms with van der Waals surface area (Å²) in [5.41, 5.74) is 1.72. The van der Waals surface area contributed by atoms with Crippen LogP contribution in [0.4, 0.5) is 4.39 Å². The lowest BCUT2D eigenvalue weighted by Gasteiger charge is -2.18. The SMILES string of the molecule is CCN(CC)S(=O)(=O)c1ccc(CCC(=O)NCc2ccc(F)cc2)cc1. The van der Waals surface area contributed by atoms with Crippen molar-refractivity contribution in [2.75, 3.05) is 13.1 Å². The minimum atomic E-state index is -3.46. The number of carbonyl (C=O) groups excluding carboxylic acids is 1. The number of aryl methyl sites for hydroxylation is 1. The summed E-state index contributed by atoms with van der Waals surface area (Å²) in [7, 11) is -3.46. The second-order valence-electron chi connectivity index (χ2n) is 6.14. The van der Waals surface area contributed by atoms with Gasteiger partial charge in [0.2, 0.25) is 15.9 Å². The van der Waals surface area contributed by atoms with E-state index in [4.69, 9.17) is 0 Å². The molecule has 1 N–H and O–H groups in total. The van der Waals surface area contributed by atoms with Crippen molar-refractivity contribution in [1.29, 1.82) is 0 Å². The first kappa shape index (κ1) is 21.1. The molecule has 7 heteroatoms. The molecule has 2 aromatic rings. The Hall–Kier alpha value is -2.25. The van der Waals surface area contributed by atoms with Crippen molar-refractivity contribution in [3.05, 3.63) is 65.5 Å². The van der Waals surface area contributed by atoms with Crippen molar-refractivity contribution in [3.8, 4) is 0 Å². The average molecular weight is 392 g/mol. The lowest BCUT2D eigenvalue weighted by Crippen LogP contribution is -2.30. The van der Waals surface area contributed by atoms with Crippen LogP contribution in [-0.4, -0.2) is 31.7 Å². The monoisotopic (exact) mass is 392 g/mol. The van der Waals surface area contributed by atoms with Gasteiger partial charge in [-0.1, -0.05) is 38.1 Å². The molecule has 1 amide bonds. The van der Waals surface area contributed by atoms with Gasteiger partial charge in [-0.05, 0) is 41.8 Å². The summed E-state index contributed by atoms with van der Waals surface area (Å²) < 4.78 is 39.2. The van der Waals surface area contributed by atoms with Gasteiger partial charge in [-0.25, -0.2) is 12.8 Å². The Balaban J connectivity index is 1.87. The zero-order valence-corrected chi connectivity index (χ0v) is 16.4. The highest BCUT2D eigenvalue weighted by Crippen LogP contribution is 2.17. The molecule has 5 nitrogen and oxygen atoms in total. The summed E-state index contributed by atoms with van der Waals surface area (Å²) in [6, 6.07) is 12.6. The second kappa shape index (κ2) is 9.62. The molecule has 0 spiro atoms. The van der Waals surface area contributed by atoms with E-state index < -0.39 is 10.0 Å². The minimum Gasteiger partial charge on any atom is -0.352 e. The first-order valence-electron chi connectivity index (χ1n) is 8.97. The van der Waals surface area contributed by atoms with Gasteiger partial charge in [-0.15, -0.1) is 0 Å². The number of sulfonamides is 1. The van der Waals surface area contributed by atoms with Gasteiger partial charge in [0.1, 0.15) is 5.82 Å². The number of hydrogen-bond donors (Lipinski definition) is 1. The summed E-state index contributed by atoms with van der Waals surface area (Å²) in [4.78, 5) is 12.2. The number of carbonyl (C=O) groups is 1. The molecule has 0 bridgehead atoms. The molecule has 0 aromatic heterocycles. The van der Waals surface area contributed by atoms with Gasteiger partial charge in [0.05, 0.1) is 4.90 Å². The fourth-order valence-electron chi connectivity index (χ4n) is 2.69. The van der Waals surface area contributed by atoms with E-state index in [0.29, 0.717) is 32.5 Å². The number of rotatable bonds is 9. The maximum absolute atomic E-state index is 12.9. The highest BCUT2D eigenvalue weighted by Gasteiger charge is 2.21. The molecule has 0 unspecified atom stereocenters. The predicted octanol–water partition coefficient (Wildman–Crippen LogP) is 3.11. The molecule has 0 aliphatic carbocycles. The van der Waals surface area contributed by atoms with Gasteiger partial charge in [-0.2, -0.15) is 4.31 Å². The van der Waals surface area contributed by atoms with Crippen LogP contribution in [0.15, 0.2) is 53.4 Å². The molecule has 0 aliphatic heterocycles. The van der Waals surface area contributed by atoms with Crippen LogP contribution >= 0.6 is 0 Å². The van der Waals surface area contributed by atoms with Crippen LogP contribution in [0.5, 0.6) is 0 Å². The standard InChI is InChI=1S/C20H25FN2O3S/c1-3-23(4-2)27(25,26)19-12-7-16(8-13-19)9-14-20(24)22-15-17-5-10-18(21)11-6-17/h5-8,10-13H,3-4,9,14-15H2,1-2H3,(H,22,24). The van der Waals surface area contributed by atoms with Crippen LogP contribution in [0, 0.1) is 5.82 Å². The van der Waals surface area contributed by atoms with Crippen LogP contribution < -0.4 is 5.32 Å². The molecule has 2 aromatic carbocycles. The molecule has 27 heavy (non-hydrogen) atoms. The van der Waals surface area contributed by atoms with Crippen LogP contribution in [0.25, 0.3) is 0 Å². The number of halogens is 1. The number of nitrogens with one attached hydrogen (secondary N) is 1. The largest absolute Gasteiger partial charge is 0.352 e. The third-order valence-electron chi connectivity index (χ3n) is 4.31. The van der Waals surface area contributed by atoms with Crippen molar-refractivity contribution < 1.29 is 17.6 Å². The van der Waals surface area contributed by atoms with Gasteiger partial charge in [-0.3, -0.25) is 4.79 Å². The molecule has 0 heterocycles. The maximum atomic E-state index is 12.9. The molecule has 0 aliphatic rings. The van der Waals surface area contributed by atoms with Gasteiger partial charge in [0.25, 0.3) is 0 Å². The summed E-state index contributed by atoms with van der Waals surface area (Å²) in [6.45, 7) is 4.81. The number of nitrogens with zero attached hydrogens (tertiary/aromatic N) is 1. The minimum absolute atomic E-state index is 0.112. The lowest BCUT2D eigenvalue weighted by atomic mass is 10.1. The van der Waals surface area contributed by atoms with E-state index >= 15 is 0 Å². The Morgan fingerprint density at radius 2 is 1.52 bits per heavy atom. The van der Waals surface area contributed by atoms with E-state index in [1.54, 1.807) is 50.2 Å². The first-order valence-corrected chi connectivity index (χ1v) is 10.4. The maximum Gasteiger partial charge on any atom is 0.243 e. The Morgan fingerprint density at radius 3 is 2.07 bits per heavy atom. The summed E-state index contributed by atoms with van der Waals surface area (Å²) in [5, 5.41) is 2.79. The third kappa shape index (κ3) is 5.87. The van der Waals surface area contributed by atoms with Crippen molar-refractivity contribution in [2.45, 2.75) is 38.1 Å². The van der Waals surface area contributed by atoms with Gasteiger partial charge in [0.15, 0.2) is 0 Å². The Kier molecular flexibility index (Phi) is 7.50. The molecule has 2 rings (SSSR count). The van der Waals surface area contributed by atoms with E-state index in [1.807, 2.05) is 0 Å². The topological polar surface area (TPSA) is 66.5 Å². The smallest absolute Gasteiger partial charge is 0.243 e. The molecule has 0 fully saturated rings. The molecule has 0 saturated carbocycles. The normalized spacial score (nSPS) is 11.6. The molecule has 0 radical (unpaired) electrons. The van der Waals surface area contributed by atoms with Crippen LogP contribution in [0.1, 0.15) is 31.4 Å². The van der Waals surface area contributed by atoms with Crippen molar-refractivity contribution in [2.24, 2.45) is 0 Å². The van der Waals surface area contributed by atoms with Crippen molar-refractivity contribution >= 4 is 15.9 Å². The molecular formula is C20H25FN2O3S. The molecule has 0 atom stereocenters. The van der Waals surface area contributed by atoms with Crippen molar-refractivity contribution in [3.63, 3.8) is 0 Å². The fraction of sp³-hybridized carbons (Fsp3) is 0.350. The zero-order valence-electron chi connectivity index (χ0n) is 15.6. The van der Waals surface area contributed by atoms with E-state index in [9.17, 15) is 17.6 Å². The fourth-order valence-corrected chi connectivity index (χ4v) is 4.15.